The van der Waals surface area contributed by atoms with Gasteiger partial charge in [-0.2, -0.15) is 10.2 Å². The van der Waals surface area contributed by atoms with Gasteiger partial charge in [0.05, 0.1) is 0 Å². The summed E-state index contributed by atoms with van der Waals surface area (Å²) in [7, 11) is 0. The molecule has 0 N–H and O–H groups in total. The summed E-state index contributed by atoms with van der Waals surface area (Å²) < 4.78 is 0. The lowest BCUT2D eigenvalue weighted by Crippen LogP contribution is -2.53. The fraction of sp³-hybridized carbons (Fsp3) is 0.800. The minimum absolute atomic E-state index is 0.183. The Bertz CT molecular complexity index is 1310. The second kappa shape index (κ2) is 9.83. The van der Waals surface area contributed by atoms with Gasteiger partial charge in [-0.3, -0.25) is 9.59 Å². The Hall–Kier alpha value is -1.84. The Morgan fingerprint density at radius 1 is 0.568 bits per heavy atom. The summed E-state index contributed by atoms with van der Waals surface area (Å²) in [6.07, 6.45) is 20.0. The van der Waals surface area contributed by atoms with E-state index < -0.39 is 0 Å². The zero-order valence-electron chi connectivity index (χ0n) is 28.4. The van der Waals surface area contributed by atoms with E-state index in [2.05, 4.69) is 41.5 Å². The van der Waals surface area contributed by atoms with Crippen molar-refractivity contribution in [1.29, 1.82) is 0 Å². The minimum Gasteiger partial charge on any atom is -0.295 e. The maximum atomic E-state index is 12.4. The Morgan fingerprint density at radius 2 is 0.977 bits per heavy atom. The highest BCUT2D eigenvalue weighted by molar-refractivity contribution is 5.96. The van der Waals surface area contributed by atoms with Crippen LogP contribution in [-0.2, 0) is 9.59 Å². The molecule has 0 spiro atoms. The van der Waals surface area contributed by atoms with Crippen LogP contribution in [0.15, 0.2) is 33.5 Å². The number of rotatable bonds is 1. The van der Waals surface area contributed by atoms with Crippen LogP contribution >= 0.6 is 0 Å². The second-order valence-corrected chi connectivity index (χ2v) is 18.0. The Morgan fingerprint density at radius 3 is 1.39 bits per heavy atom. The molecule has 8 aliphatic carbocycles. The summed E-state index contributed by atoms with van der Waals surface area (Å²) >= 11 is 0. The molecule has 4 heteroatoms. The quantitative estimate of drug-likeness (QED) is 0.283. The average Bonchev–Trinajstić information content (AvgIpc) is 3.49. The third-order valence-electron chi connectivity index (χ3n) is 16.8. The van der Waals surface area contributed by atoms with E-state index in [0.717, 1.165) is 50.4 Å². The van der Waals surface area contributed by atoms with Crippen LogP contribution in [0.5, 0.6) is 0 Å². The van der Waals surface area contributed by atoms with Gasteiger partial charge in [0.1, 0.15) is 0 Å². The topological polar surface area (TPSA) is 58.9 Å². The van der Waals surface area contributed by atoms with Gasteiger partial charge >= 0.3 is 0 Å². The normalized spacial score (nSPS) is 53.2. The molecular formula is C40H56N2O2. The number of hydrogen-bond acceptors (Lipinski definition) is 4. The molecule has 0 saturated heterocycles. The van der Waals surface area contributed by atoms with Gasteiger partial charge < -0.3 is 0 Å². The molecular weight excluding hydrogens is 540 g/mol. The lowest BCUT2D eigenvalue weighted by molar-refractivity contribution is -0.120. The molecule has 4 nitrogen and oxygen atoms in total. The van der Waals surface area contributed by atoms with E-state index in [0.29, 0.717) is 47.1 Å². The molecule has 0 aromatic heterocycles. The first-order valence-electron chi connectivity index (χ1n) is 18.5. The van der Waals surface area contributed by atoms with Crippen LogP contribution in [0.4, 0.5) is 0 Å². The lowest BCUT2D eigenvalue weighted by atomic mass is 9.45. The van der Waals surface area contributed by atoms with Gasteiger partial charge in [0.25, 0.3) is 0 Å². The average molecular weight is 597 g/mol. The maximum Gasteiger partial charge on any atom is 0.155 e. The summed E-state index contributed by atoms with van der Waals surface area (Å²) in [5.74, 6) is 5.95. The highest BCUT2D eigenvalue weighted by atomic mass is 16.1. The molecule has 6 saturated carbocycles. The van der Waals surface area contributed by atoms with Gasteiger partial charge in [-0.15, -0.1) is 0 Å². The van der Waals surface area contributed by atoms with E-state index in [1.807, 2.05) is 12.2 Å². The second-order valence-electron chi connectivity index (χ2n) is 18.0. The summed E-state index contributed by atoms with van der Waals surface area (Å²) in [6.45, 7) is 14.8. The summed E-state index contributed by atoms with van der Waals surface area (Å²) in [4.78, 5) is 24.9. The van der Waals surface area contributed by atoms with Gasteiger partial charge in [-0.1, -0.05) is 52.7 Å². The monoisotopic (exact) mass is 596 g/mol. The van der Waals surface area contributed by atoms with E-state index in [1.54, 1.807) is 0 Å². The number of carbonyl (C=O) groups excluding carboxylic acids is 2. The molecule has 0 aromatic carbocycles. The van der Waals surface area contributed by atoms with Crippen molar-refractivity contribution in [2.45, 2.75) is 131 Å². The first-order chi connectivity index (χ1) is 20.9. The Kier molecular flexibility index (Phi) is 6.61. The van der Waals surface area contributed by atoms with E-state index in [9.17, 15) is 9.59 Å². The number of allylic oxidation sites excluding steroid dienone is 2. The van der Waals surface area contributed by atoms with Crippen molar-refractivity contribution in [2.75, 3.05) is 0 Å². The van der Waals surface area contributed by atoms with Crippen LogP contribution < -0.4 is 0 Å². The third-order valence-corrected chi connectivity index (χ3v) is 16.8. The number of nitrogens with zero attached hydrogens (tertiary/aromatic N) is 2. The van der Waals surface area contributed by atoms with E-state index in [-0.39, 0.29) is 21.7 Å². The number of ketones is 2. The zero-order valence-corrected chi connectivity index (χ0v) is 28.4. The molecule has 8 aliphatic rings. The molecule has 12 unspecified atom stereocenters. The fourth-order valence-corrected chi connectivity index (χ4v) is 13.9. The van der Waals surface area contributed by atoms with Crippen molar-refractivity contribution < 1.29 is 9.59 Å². The predicted molar refractivity (Wildman–Crippen MR) is 177 cm³/mol. The minimum atomic E-state index is 0.183. The molecule has 6 fully saturated rings. The van der Waals surface area contributed by atoms with Gasteiger partial charge in [0.15, 0.2) is 11.6 Å². The Labute approximate surface area is 266 Å². The Balaban J connectivity index is 1.03. The summed E-state index contributed by atoms with van der Waals surface area (Å²) in [5.41, 5.74) is 6.49. The molecule has 0 radical (unpaired) electrons. The van der Waals surface area contributed by atoms with Crippen molar-refractivity contribution in [2.24, 2.45) is 79.2 Å². The smallest absolute Gasteiger partial charge is 0.155 e. The van der Waals surface area contributed by atoms with E-state index in [1.165, 1.54) is 73.9 Å². The molecule has 0 aromatic rings. The van der Waals surface area contributed by atoms with Crippen molar-refractivity contribution in [3.8, 4) is 0 Å². The van der Waals surface area contributed by atoms with Crippen LogP contribution in [0.1, 0.15) is 131 Å². The lowest BCUT2D eigenvalue weighted by Gasteiger charge is -2.59. The van der Waals surface area contributed by atoms with Crippen LogP contribution in [0.3, 0.4) is 0 Å². The van der Waals surface area contributed by atoms with Gasteiger partial charge in [-0.05, 0) is 147 Å². The largest absolute Gasteiger partial charge is 0.295 e. The van der Waals surface area contributed by atoms with Gasteiger partial charge in [-0.25, -0.2) is 0 Å². The maximum absolute atomic E-state index is 12.4. The molecule has 12 atom stereocenters. The predicted octanol–water partition coefficient (Wildman–Crippen LogP) is 9.34. The molecule has 0 aliphatic heterocycles. The number of hydrogen-bond donors (Lipinski definition) is 0. The zero-order chi connectivity index (χ0) is 30.8. The van der Waals surface area contributed by atoms with Crippen molar-refractivity contribution in [3.05, 3.63) is 23.3 Å². The van der Waals surface area contributed by atoms with Crippen LogP contribution in [0, 0.1) is 69.0 Å². The molecule has 0 amide bonds. The highest BCUT2D eigenvalue weighted by Gasteiger charge is 2.61. The molecule has 44 heavy (non-hydrogen) atoms. The SMILES string of the molecule is CC1CC(=O)C=C2CCC3C4CCC(=NN=C5CCC6C7CCC8=CC(=O)CC(C)C8(C)C7CCC56C)C4(C)CCC3C21C. The summed E-state index contributed by atoms with van der Waals surface area (Å²) in [5, 5.41) is 10.5. The van der Waals surface area contributed by atoms with E-state index in [4.69, 9.17) is 10.2 Å². The first-order valence-corrected chi connectivity index (χ1v) is 18.5. The van der Waals surface area contributed by atoms with Crippen molar-refractivity contribution in [3.63, 3.8) is 0 Å². The molecule has 8 rings (SSSR count). The van der Waals surface area contributed by atoms with Gasteiger partial charge in [0, 0.05) is 35.1 Å². The molecule has 238 valence electrons. The number of fused-ring (bicyclic) bond motifs is 10. The van der Waals surface area contributed by atoms with Crippen LogP contribution in [0.2, 0.25) is 0 Å². The van der Waals surface area contributed by atoms with Gasteiger partial charge in [0.2, 0.25) is 0 Å². The summed E-state index contributed by atoms with van der Waals surface area (Å²) in [6, 6.07) is 0. The van der Waals surface area contributed by atoms with Crippen LogP contribution in [-0.4, -0.2) is 23.0 Å². The standard InChI is InChI=1S/C40H56N2O2/c1-23-19-27(43)21-25-7-9-29-31-11-13-35(37(31,3)17-15-33(29)39(23,25)5)41-42-36-14-12-32-30-10-8-26-22-28(44)20-24(2)40(26,6)34(30)16-18-38(32,36)4/h21-24,29-34H,7-20H2,1-6H3. The van der Waals surface area contributed by atoms with Crippen molar-refractivity contribution >= 4 is 23.0 Å². The van der Waals surface area contributed by atoms with Crippen molar-refractivity contribution in [1.82, 2.24) is 0 Å². The third kappa shape index (κ3) is 3.81. The molecule has 0 bridgehead atoms. The first kappa shape index (κ1) is 29.6. The fourth-order valence-electron chi connectivity index (χ4n) is 13.9. The van der Waals surface area contributed by atoms with Crippen LogP contribution in [0.25, 0.3) is 0 Å². The van der Waals surface area contributed by atoms with E-state index >= 15 is 0 Å². The number of carbonyl (C=O) groups is 2. The highest BCUT2D eigenvalue weighted by Crippen LogP contribution is 2.67. The molecule has 0 heterocycles.